The van der Waals surface area contributed by atoms with Crippen LogP contribution in [0.25, 0.3) is 0 Å². The van der Waals surface area contributed by atoms with Gasteiger partial charge in [0.25, 0.3) is 0 Å². The molecule has 13 heavy (non-hydrogen) atoms. The molecule has 0 fully saturated rings. The first-order valence-electron chi connectivity index (χ1n) is 4.39. The zero-order valence-corrected chi connectivity index (χ0v) is 8.46. The van der Waals surface area contributed by atoms with Crippen molar-refractivity contribution in [2.75, 3.05) is 0 Å². The van der Waals surface area contributed by atoms with Gasteiger partial charge in [-0.15, -0.1) is 12.3 Å². The van der Waals surface area contributed by atoms with E-state index in [9.17, 15) is 4.79 Å². The molecule has 2 nitrogen and oxygen atoms in total. The van der Waals surface area contributed by atoms with E-state index in [4.69, 9.17) is 11.2 Å². The quantitative estimate of drug-likeness (QED) is 0.377. The number of ether oxygens (including phenoxy) is 1. The third-order valence-corrected chi connectivity index (χ3v) is 1.49. The van der Waals surface area contributed by atoms with E-state index in [1.807, 2.05) is 20.8 Å². The molecule has 0 heterocycles. The third-order valence-electron chi connectivity index (χ3n) is 1.49. The van der Waals surface area contributed by atoms with Crippen molar-refractivity contribution in [3.63, 3.8) is 0 Å². The van der Waals surface area contributed by atoms with E-state index in [-0.39, 0.29) is 12.1 Å². The summed E-state index contributed by atoms with van der Waals surface area (Å²) in [6.07, 6.45) is 7.69. The minimum atomic E-state index is -0.304. The Morgan fingerprint density at radius 2 is 2.23 bits per heavy atom. The minimum Gasteiger partial charge on any atom is -0.458 e. The van der Waals surface area contributed by atoms with E-state index in [0.717, 1.165) is 12.0 Å². The molecule has 0 aromatic carbocycles. The number of hydrogen-bond donors (Lipinski definition) is 0. The number of hydrogen-bond acceptors (Lipinski definition) is 2. The van der Waals surface area contributed by atoms with Crippen molar-refractivity contribution in [3.8, 4) is 12.3 Å². The molecule has 0 aromatic rings. The second kappa shape index (κ2) is 6.30. The summed E-state index contributed by atoms with van der Waals surface area (Å²) < 4.78 is 5.09. The molecule has 0 spiro atoms. The number of allylic oxidation sites excluding steroid dienone is 1. The second-order valence-corrected chi connectivity index (χ2v) is 3.10. The second-order valence-electron chi connectivity index (χ2n) is 3.10. The molecular formula is C11H16O2. The summed E-state index contributed by atoms with van der Waals surface area (Å²) in [5, 5.41) is 0. The highest BCUT2D eigenvalue weighted by atomic mass is 16.5. The predicted molar refractivity (Wildman–Crippen MR) is 53.1 cm³/mol. The average molecular weight is 180 g/mol. The highest BCUT2D eigenvalue weighted by Crippen LogP contribution is 2.04. The highest BCUT2D eigenvalue weighted by molar-refractivity contribution is 5.82. The molecule has 0 amide bonds. The topological polar surface area (TPSA) is 26.3 Å². The van der Waals surface area contributed by atoms with Crippen molar-refractivity contribution in [2.45, 2.75) is 39.7 Å². The zero-order chi connectivity index (χ0) is 10.3. The molecule has 1 atom stereocenters. The maximum Gasteiger partial charge on any atom is 0.330 e. The Hall–Kier alpha value is -1.23. The van der Waals surface area contributed by atoms with Crippen LogP contribution < -0.4 is 0 Å². The molecule has 0 aliphatic rings. The summed E-state index contributed by atoms with van der Waals surface area (Å²) in [4.78, 5) is 11.1. The first-order chi connectivity index (χ1) is 6.10. The monoisotopic (exact) mass is 180 g/mol. The molecule has 0 bridgehead atoms. The van der Waals surface area contributed by atoms with Crippen LogP contribution in [0.15, 0.2) is 11.6 Å². The van der Waals surface area contributed by atoms with Gasteiger partial charge < -0.3 is 4.74 Å². The molecule has 0 saturated heterocycles. The first-order valence-corrected chi connectivity index (χ1v) is 4.39. The fraction of sp³-hybridized carbons (Fsp3) is 0.545. The lowest BCUT2D eigenvalue weighted by Crippen LogP contribution is -2.15. The van der Waals surface area contributed by atoms with Gasteiger partial charge in [-0.05, 0) is 20.3 Å². The van der Waals surface area contributed by atoms with Crippen LogP contribution in [0.3, 0.4) is 0 Å². The highest BCUT2D eigenvalue weighted by Gasteiger charge is 2.08. The van der Waals surface area contributed by atoms with E-state index >= 15 is 0 Å². The van der Waals surface area contributed by atoms with E-state index in [0.29, 0.717) is 6.42 Å². The van der Waals surface area contributed by atoms with Crippen LogP contribution in [0, 0.1) is 12.3 Å². The Bertz CT molecular complexity index is 229. The van der Waals surface area contributed by atoms with Gasteiger partial charge in [-0.2, -0.15) is 0 Å². The van der Waals surface area contributed by atoms with Gasteiger partial charge in [-0.1, -0.05) is 12.5 Å². The minimum absolute atomic E-state index is 0.145. The summed E-state index contributed by atoms with van der Waals surface area (Å²) in [6, 6.07) is 0. The van der Waals surface area contributed by atoms with Gasteiger partial charge in [0.1, 0.15) is 6.10 Å². The van der Waals surface area contributed by atoms with Gasteiger partial charge in [0, 0.05) is 12.5 Å². The summed E-state index contributed by atoms with van der Waals surface area (Å²) in [7, 11) is 0. The number of esters is 1. The van der Waals surface area contributed by atoms with Gasteiger partial charge in [0.15, 0.2) is 0 Å². The van der Waals surface area contributed by atoms with Gasteiger partial charge in [-0.3, -0.25) is 0 Å². The summed E-state index contributed by atoms with van der Waals surface area (Å²) in [5.74, 6) is 2.18. The molecule has 2 heteroatoms. The van der Waals surface area contributed by atoms with Gasteiger partial charge in [-0.25, -0.2) is 4.79 Å². The Balaban J connectivity index is 4.03. The van der Waals surface area contributed by atoms with Crippen LogP contribution in [-0.2, 0) is 9.53 Å². The lowest BCUT2D eigenvalue weighted by atomic mass is 10.2. The summed E-state index contributed by atoms with van der Waals surface area (Å²) >= 11 is 0. The van der Waals surface area contributed by atoms with Crippen LogP contribution in [0.5, 0.6) is 0 Å². The van der Waals surface area contributed by atoms with E-state index < -0.39 is 0 Å². The van der Waals surface area contributed by atoms with E-state index in [2.05, 4.69) is 5.92 Å². The number of carbonyl (C=O) groups excluding carboxylic acids is 1. The summed E-state index contributed by atoms with van der Waals surface area (Å²) in [6.45, 7) is 5.64. The summed E-state index contributed by atoms with van der Waals surface area (Å²) in [5.41, 5.74) is 0.931. The third kappa shape index (κ3) is 5.98. The predicted octanol–water partition coefficient (Wildman–Crippen LogP) is 2.30. The molecule has 0 aromatic heterocycles. The maximum atomic E-state index is 11.1. The van der Waals surface area contributed by atoms with Gasteiger partial charge in [0.05, 0.1) is 0 Å². The smallest absolute Gasteiger partial charge is 0.330 e. The van der Waals surface area contributed by atoms with Crippen molar-refractivity contribution >= 4 is 5.97 Å². The Labute approximate surface area is 80.0 Å². The fourth-order valence-electron chi connectivity index (χ4n) is 0.835. The number of terminal acetylenes is 1. The van der Waals surface area contributed by atoms with Crippen molar-refractivity contribution < 1.29 is 9.53 Å². The van der Waals surface area contributed by atoms with Crippen LogP contribution in [-0.4, -0.2) is 12.1 Å². The molecule has 0 aliphatic carbocycles. The zero-order valence-electron chi connectivity index (χ0n) is 8.46. The SMILES string of the molecule is C#CCC(CC)OC(=O)C=C(C)C. The van der Waals surface area contributed by atoms with Crippen LogP contribution in [0.1, 0.15) is 33.6 Å². The standard InChI is InChI=1S/C11H16O2/c1-5-7-10(6-2)13-11(12)8-9(3)4/h1,8,10H,6-7H2,2-4H3. The van der Waals surface area contributed by atoms with Crippen molar-refractivity contribution in [2.24, 2.45) is 0 Å². The Kier molecular flexibility index (Phi) is 5.71. The van der Waals surface area contributed by atoms with Crippen molar-refractivity contribution in [1.82, 2.24) is 0 Å². The maximum absolute atomic E-state index is 11.1. The molecule has 0 saturated carbocycles. The molecule has 0 radical (unpaired) electrons. The molecular weight excluding hydrogens is 164 g/mol. The molecule has 1 unspecified atom stereocenters. The normalized spacial score (nSPS) is 11.2. The Morgan fingerprint density at radius 3 is 2.62 bits per heavy atom. The van der Waals surface area contributed by atoms with Gasteiger partial charge in [0.2, 0.25) is 0 Å². The first kappa shape index (κ1) is 11.8. The van der Waals surface area contributed by atoms with Crippen LogP contribution in [0.4, 0.5) is 0 Å². The van der Waals surface area contributed by atoms with Crippen LogP contribution >= 0.6 is 0 Å². The number of carbonyl (C=O) groups is 1. The molecule has 72 valence electrons. The van der Waals surface area contributed by atoms with E-state index in [1.165, 1.54) is 6.08 Å². The van der Waals surface area contributed by atoms with Crippen molar-refractivity contribution in [1.29, 1.82) is 0 Å². The largest absolute Gasteiger partial charge is 0.458 e. The van der Waals surface area contributed by atoms with E-state index in [1.54, 1.807) is 0 Å². The average Bonchev–Trinajstić information content (AvgIpc) is 2.02. The lowest BCUT2D eigenvalue weighted by molar-refractivity contribution is -0.142. The molecule has 0 aliphatic heterocycles. The number of rotatable bonds is 4. The Morgan fingerprint density at radius 1 is 1.62 bits per heavy atom. The molecule has 0 rings (SSSR count). The van der Waals surface area contributed by atoms with Crippen LogP contribution in [0.2, 0.25) is 0 Å². The van der Waals surface area contributed by atoms with Crippen molar-refractivity contribution in [3.05, 3.63) is 11.6 Å². The molecule has 0 N–H and O–H groups in total. The fourth-order valence-corrected chi connectivity index (χ4v) is 0.835. The van der Waals surface area contributed by atoms with Gasteiger partial charge >= 0.3 is 5.97 Å². The lowest BCUT2D eigenvalue weighted by Gasteiger charge is -2.11.